The average molecular weight is 314 g/mol. The van der Waals surface area contributed by atoms with E-state index in [0.717, 1.165) is 24.9 Å². The topological polar surface area (TPSA) is 40.6 Å². The molecule has 1 aromatic carbocycles. The van der Waals surface area contributed by atoms with Crippen LogP contribution in [-0.4, -0.2) is 40.2 Å². The highest BCUT2D eigenvalue weighted by atomic mass is 16.2. The van der Waals surface area contributed by atoms with Crippen LogP contribution in [0.15, 0.2) is 24.3 Å². The summed E-state index contributed by atoms with van der Waals surface area (Å²) in [5.41, 5.74) is 2.47. The summed E-state index contributed by atoms with van der Waals surface area (Å²) in [6.07, 6.45) is 1.74. The minimum Gasteiger partial charge on any atom is -0.329 e. The molecule has 3 rings (SSSR count). The second-order valence-electron chi connectivity index (χ2n) is 7.78. The zero-order chi connectivity index (χ0) is 16.8. The van der Waals surface area contributed by atoms with E-state index in [1.807, 2.05) is 6.92 Å². The lowest BCUT2D eigenvalue weighted by molar-refractivity contribution is -0.159. The molecule has 0 N–H and O–H groups in total. The summed E-state index contributed by atoms with van der Waals surface area (Å²) in [5, 5.41) is 0. The Kier molecular flexibility index (Phi) is 3.95. The summed E-state index contributed by atoms with van der Waals surface area (Å²) in [5.74, 6) is 0.202. The van der Waals surface area contributed by atoms with Gasteiger partial charge in [-0.2, -0.15) is 0 Å². The van der Waals surface area contributed by atoms with Crippen LogP contribution in [0.5, 0.6) is 0 Å². The molecule has 0 aliphatic carbocycles. The van der Waals surface area contributed by atoms with Crippen molar-refractivity contribution in [3.8, 4) is 0 Å². The summed E-state index contributed by atoms with van der Waals surface area (Å²) < 4.78 is 0. The highest BCUT2D eigenvalue weighted by Crippen LogP contribution is 2.28. The van der Waals surface area contributed by atoms with Gasteiger partial charge in [-0.05, 0) is 36.3 Å². The van der Waals surface area contributed by atoms with Gasteiger partial charge in [0.05, 0.1) is 0 Å². The number of hydrogen-bond acceptors (Lipinski definition) is 2. The number of fused-ring (bicyclic) bond motifs is 1. The quantitative estimate of drug-likeness (QED) is 0.842. The maximum atomic E-state index is 12.7. The molecule has 1 aromatic rings. The molecule has 2 amide bonds. The summed E-state index contributed by atoms with van der Waals surface area (Å²) in [6.45, 7) is 9.65. The number of amides is 2. The molecule has 0 unspecified atom stereocenters. The molecular formula is C19H26N2O2. The third-order valence-corrected chi connectivity index (χ3v) is 5.10. The first-order valence-electron chi connectivity index (χ1n) is 8.49. The average Bonchev–Trinajstić information content (AvgIpc) is 2.99. The first kappa shape index (κ1) is 16.0. The molecular weight excluding hydrogens is 288 g/mol. The Hall–Kier alpha value is -1.84. The van der Waals surface area contributed by atoms with Crippen molar-refractivity contribution in [1.29, 1.82) is 0 Å². The summed E-state index contributed by atoms with van der Waals surface area (Å²) in [6, 6.07) is 7.81. The van der Waals surface area contributed by atoms with Crippen LogP contribution in [0.3, 0.4) is 0 Å². The lowest BCUT2D eigenvalue weighted by Crippen LogP contribution is -2.61. The summed E-state index contributed by atoms with van der Waals surface area (Å²) >= 11 is 0. The number of piperazine rings is 1. The third kappa shape index (κ3) is 2.87. The zero-order valence-electron chi connectivity index (χ0n) is 14.5. The van der Waals surface area contributed by atoms with E-state index in [1.54, 1.807) is 9.80 Å². The van der Waals surface area contributed by atoms with Gasteiger partial charge in [0.2, 0.25) is 11.8 Å². The van der Waals surface area contributed by atoms with Crippen LogP contribution in [0.4, 0.5) is 0 Å². The van der Waals surface area contributed by atoms with E-state index >= 15 is 0 Å². The van der Waals surface area contributed by atoms with Gasteiger partial charge in [0.15, 0.2) is 0 Å². The SMILES string of the molecule is C[C@H]1C(=O)N2CCC[C@H]2C(=O)N1Cc1ccc(C(C)(C)C)cc1. The first-order chi connectivity index (χ1) is 10.8. The van der Waals surface area contributed by atoms with E-state index in [-0.39, 0.29) is 29.3 Å². The van der Waals surface area contributed by atoms with Crippen LogP contribution in [0.25, 0.3) is 0 Å². The summed E-state index contributed by atoms with van der Waals surface area (Å²) in [4.78, 5) is 28.7. The fraction of sp³-hybridized carbons (Fsp3) is 0.579. The Bertz CT molecular complexity index is 615. The molecule has 4 heteroatoms. The van der Waals surface area contributed by atoms with Crippen LogP contribution in [0.2, 0.25) is 0 Å². The Morgan fingerprint density at radius 1 is 1.09 bits per heavy atom. The minimum absolute atomic E-state index is 0.0958. The van der Waals surface area contributed by atoms with E-state index in [9.17, 15) is 9.59 Å². The maximum Gasteiger partial charge on any atom is 0.246 e. The summed E-state index contributed by atoms with van der Waals surface area (Å²) in [7, 11) is 0. The number of rotatable bonds is 2. The number of carbonyl (C=O) groups is 2. The molecule has 0 radical (unpaired) electrons. The highest BCUT2D eigenvalue weighted by Gasteiger charge is 2.45. The molecule has 2 aliphatic heterocycles. The van der Waals surface area contributed by atoms with Gasteiger partial charge >= 0.3 is 0 Å². The van der Waals surface area contributed by atoms with Crippen molar-refractivity contribution < 1.29 is 9.59 Å². The van der Waals surface area contributed by atoms with Crippen molar-refractivity contribution in [2.24, 2.45) is 0 Å². The molecule has 2 heterocycles. The predicted molar refractivity (Wildman–Crippen MR) is 89.9 cm³/mol. The lowest BCUT2D eigenvalue weighted by Gasteiger charge is -2.41. The van der Waals surface area contributed by atoms with Gasteiger partial charge in [-0.3, -0.25) is 9.59 Å². The van der Waals surface area contributed by atoms with E-state index in [0.29, 0.717) is 6.54 Å². The van der Waals surface area contributed by atoms with Crippen molar-refractivity contribution >= 4 is 11.8 Å². The van der Waals surface area contributed by atoms with E-state index in [2.05, 4.69) is 45.0 Å². The molecule has 0 saturated carbocycles. The van der Waals surface area contributed by atoms with Crippen LogP contribution in [0.1, 0.15) is 51.7 Å². The zero-order valence-corrected chi connectivity index (χ0v) is 14.5. The molecule has 0 aromatic heterocycles. The second-order valence-corrected chi connectivity index (χ2v) is 7.78. The normalized spacial score (nSPS) is 25.0. The van der Waals surface area contributed by atoms with Crippen LogP contribution in [0, 0.1) is 0 Å². The maximum absolute atomic E-state index is 12.7. The van der Waals surface area contributed by atoms with Crippen molar-refractivity contribution in [1.82, 2.24) is 9.80 Å². The van der Waals surface area contributed by atoms with Gasteiger partial charge in [-0.25, -0.2) is 0 Å². The molecule has 0 bridgehead atoms. The Morgan fingerprint density at radius 3 is 2.35 bits per heavy atom. The van der Waals surface area contributed by atoms with Crippen molar-refractivity contribution in [3.63, 3.8) is 0 Å². The van der Waals surface area contributed by atoms with Crippen LogP contribution in [-0.2, 0) is 21.5 Å². The lowest BCUT2D eigenvalue weighted by atomic mass is 9.86. The van der Waals surface area contributed by atoms with Gasteiger partial charge in [0.25, 0.3) is 0 Å². The van der Waals surface area contributed by atoms with Crippen molar-refractivity contribution in [2.45, 2.75) is 64.6 Å². The van der Waals surface area contributed by atoms with E-state index in [1.165, 1.54) is 5.56 Å². The van der Waals surface area contributed by atoms with Gasteiger partial charge in [0, 0.05) is 13.1 Å². The molecule has 124 valence electrons. The largest absolute Gasteiger partial charge is 0.329 e. The standard InChI is InChI=1S/C19H26N2O2/c1-13-17(22)20-11-5-6-16(20)18(23)21(13)12-14-7-9-15(10-8-14)19(2,3)4/h7-10,13,16H,5-6,11-12H2,1-4H3/t13-,16-/m0/s1. The molecule has 2 fully saturated rings. The van der Waals surface area contributed by atoms with Gasteiger partial charge in [-0.15, -0.1) is 0 Å². The predicted octanol–water partition coefficient (Wildman–Crippen LogP) is 2.71. The third-order valence-electron chi connectivity index (χ3n) is 5.10. The highest BCUT2D eigenvalue weighted by molar-refractivity contribution is 5.97. The van der Waals surface area contributed by atoms with Crippen LogP contribution < -0.4 is 0 Å². The molecule has 2 aliphatic rings. The number of carbonyl (C=O) groups excluding carboxylic acids is 2. The second kappa shape index (κ2) is 5.66. The van der Waals surface area contributed by atoms with E-state index < -0.39 is 0 Å². The first-order valence-corrected chi connectivity index (χ1v) is 8.49. The van der Waals surface area contributed by atoms with Gasteiger partial charge in [-0.1, -0.05) is 45.0 Å². The van der Waals surface area contributed by atoms with Gasteiger partial charge < -0.3 is 9.80 Å². The van der Waals surface area contributed by atoms with Crippen molar-refractivity contribution in [2.75, 3.05) is 6.54 Å². The monoisotopic (exact) mass is 314 g/mol. The van der Waals surface area contributed by atoms with Crippen molar-refractivity contribution in [3.05, 3.63) is 35.4 Å². The molecule has 4 nitrogen and oxygen atoms in total. The smallest absolute Gasteiger partial charge is 0.246 e. The van der Waals surface area contributed by atoms with Crippen LogP contribution >= 0.6 is 0 Å². The fourth-order valence-electron chi connectivity index (χ4n) is 3.56. The van der Waals surface area contributed by atoms with E-state index in [4.69, 9.17) is 0 Å². The Morgan fingerprint density at radius 2 is 1.74 bits per heavy atom. The number of hydrogen-bond donors (Lipinski definition) is 0. The molecule has 23 heavy (non-hydrogen) atoms. The number of benzene rings is 1. The molecule has 2 saturated heterocycles. The minimum atomic E-state index is -0.362. The fourth-order valence-corrected chi connectivity index (χ4v) is 3.56. The Balaban J connectivity index is 1.79. The Labute approximate surface area is 138 Å². The van der Waals surface area contributed by atoms with Gasteiger partial charge in [0.1, 0.15) is 12.1 Å². The molecule has 2 atom stereocenters. The molecule has 0 spiro atoms. The number of nitrogens with zero attached hydrogens (tertiary/aromatic N) is 2.